The molecule has 0 radical (unpaired) electrons. The minimum atomic E-state index is 0.317. The summed E-state index contributed by atoms with van der Waals surface area (Å²) in [4.78, 5) is 4.06. The Morgan fingerprint density at radius 3 is 2.82 bits per heavy atom. The van der Waals surface area contributed by atoms with Crippen LogP contribution < -0.4 is 5.32 Å². The van der Waals surface area contributed by atoms with Crippen molar-refractivity contribution in [2.75, 3.05) is 20.1 Å². The highest BCUT2D eigenvalue weighted by Gasteiger charge is 2.32. The van der Waals surface area contributed by atoms with E-state index in [0.29, 0.717) is 11.6 Å². The van der Waals surface area contributed by atoms with Gasteiger partial charge in [-0.05, 0) is 57.7 Å². The zero-order valence-electron chi connectivity index (χ0n) is 11.4. The maximum Gasteiger partial charge on any atom is 0.0235 e. The van der Waals surface area contributed by atoms with Crippen molar-refractivity contribution < 1.29 is 0 Å². The van der Waals surface area contributed by atoms with Crippen LogP contribution in [0.15, 0.2) is 11.4 Å². The zero-order chi connectivity index (χ0) is 12.5. The van der Waals surface area contributed by atoms with Gasteiger partial charge in [0.2, 0.25) is 0 Å². The van der Waals surface area contributed by atoms with E-state index in [1.807, 2.05) is 11.3 Å². The molecular weight excluding hydrogens is 228 g/mol. The second-order valence-electron chi connectivity index (χ2n) is 5.88. The number of likely N-dealkylation sites (N-methyl/N-ethyl adjacent to an activating group) is 1. The third-order valence-corrected chi connectivity index (χ3v) is 4.93. The van der Waals surface area contributed by atoms with E-state index in [-0.39, 0.29) is 0 Å². The van der Waals surface area contributed by atoms with Crippen LogP contribution in [0, 0.1) is 6.92 Å². The van der Waals surface area contributed by atoms with Gasteiger partial charge in [-0.25, -0.2) is 0 Å². The molecule has 0 saturated carbocycles. The molecule has 1 atom stereocenters. The van der Waals surface area contributed by atoms with Crippen molar-refractivity contribution in [2.24, 2.45) is 0 Å². The molecule has 1 N–H and O–H groups in total. The smallest absolute Gasteiger partial charge is 0.0235 e. The first kappa shape index (κ1) is 13.1. The Morgan fingerprint density at radius 1 is 1.53 bits per heavy atom. The lowest BCUT2D eigenvalue weighted by Crippen LogP contribution is -2.34. The summed E-state index contributed by atoms with van der Waals surface area (Å²) < 4.78 is 0. The largest absolute Gasteiger partial charge is 0.310 e. The highest BCUT2D eigenvalue weighted by atomic mass is 32.1. The first-order valence-corrected chi connectivity index (χ1v) is 7.34. The van der Waals surface area contributed by atoms with Gasteiger partial charge in [0.1, 0.15) is 0 Å². The Hall–Kier alpha value is -0.380. The monoisotopic (exact) mass is 252 g/mol. The van der Waals surface area contributed by atoms with Crippen molar-refractivity contribution in [1.29, 1.82) is 0 Å². The summed E-state index contributed by atoms with van der Waals surface area (Å²) in [5.74, 6) is 0. The summed E-state index contributed by atoms with van der Waals surface area (Å²) in [7, 11) is 2.26. The van der Waals surface area contributed by atoms with Gasteiger partial charge in [-0.15, -0.1) is 11.3 Å². The molecule has 1 unspecified atom stereocenters. The van der Waals surface area contributed by atoms with Crippen molar-refractivity contribution in [1.82, 2.24) is 10.2 Å². The van der Waals surface area contributed by atoms with Crippen LogP contribution >= 0.6 is 11.3 Å². The van der Waals surface area contributed by atoms with Gasteiger partial charge in [-0.3, -0.25) is 0 Å². The number of aryl methyl sites for hydroxylation is 1. The van der Waals surface area contributed by atoms with E-state index in [2.05, 4.69) is 49.5 Å². The summed E-state index contributed by atoms with van der Waals surface area (Å²) in [5.41, 5.74) is 1.77. The summed E-state index contributed by atoms with van der Waals surface area (Å²) in [6.07, 6.45) is 2.45. The van der Waals surface area contributed by atoms with E-state index in [0.717, 1.165) is 6.54 Å². The normalized spacial score (nSPS) is 23.5. The lowest BCUT2D eigenvalue weighted by atomic mass is 10.0. The Balaban J connectivity index is 1.82. The lowest BCUT2D eigenvalue weighted by Gasteiger charge is -2.24. The number of rotatable bonds is 4. The van der Waals surface area contributed by atoms with Gasteiger partial charge in [0.25, 0.3) is 0 Å². The zero-order valence-corrected chi connectivity index (χ0v) is 12.2. The molecule has 1 fully saturated rings. The predicted octanol–water partition coefficient (Wildman–Crippen LogP) is 2.67. The molecule has 1 aliphatic heterocycles. The van der Waals surface area contributed by atoms with E-state index in [1.54, 1.807) is 4.88 Å². The van der Waals surface area contributed by atoms with Gasteiger partial charge in [-0.2, -0.15) is 0 Å². The highest BCUT2D eigenvalue weighted by molar-refractivity contribution is 7.10. The number of hydrogen-bond donors (Lipinski definition) is 1. The van der Waals surface area contributed by atoms with E-state index in [1.165, 1.54) is 24.9 Å². The number of hydrogen-bond acceptors (Lipinski definition) is 3. The molecule has 2 nitrogen and oxygen atoms in total. The molecule has 0 aromatic carbocycles. The SMILES string of the molecule is Cc1ccsc1CCN(C)C1CNC(C)(C)C1. The molecule has 96 valence electrons. The number of nitrogens with one attached hydrogen (secondary N) is 1. The predicted molar refractivity (Wildman–Crippen MR) is 75.9 cm³/mol. The van der Waals surface area contributed by atoms with Crippen molar-refractivity contribution in [3.63, 3.8) is 0 Å². The minimum Gasteiger partial charge on any atom is -0.310 e. The fourth-order valence-electron chi connectivity index (χ4n) is 2.56. The first-order chi connectivity index (χ1) is 7.98. The van der Waals surface area contributed by atoms with Crippen molar-refractivity contribution >= 4 is 11.3 Å². The van der Waals surface area contributed by atoms with E-state index >= 15 is 0 Å². The van der Waals surface area contributed by atoms with Crippen LogP contribution in [0.5, 0.6) is 0 Å². The average molecular weight is 252 g/mol. The molecule has 1 saturated heterocycles. The summed E-state index contributed by atoms with van der Waals surface area (Å²) in [6, 6.07) is 2.92. The Labute approximate surface area is 109 Å². The molecule has 0 bridgehead atoms. The molecule has 17 heavy (non-hydrogen) atoms. The van der Waals surface area contributed by atoms with Crippen LogP contribution in [0.4, 0.5) is 0 Å². The third kappa shape index (κ3) is 3.30. The van der Waals surface area contributed by atoms with Gasteiger partial charge in [0.05, 0.1) is 0 Å². The van der Waals surface area contributed by atoms with Crippen molar-refractivity contribution in [2.45, 2.75) is 45.2 Å². The maximum absolute atomic E-state index is 3.59. The molecule has 2 rings (SSSR count). The van der Waals surface area contributed by atoms with E-state index in [9.17, 15) is 0 Å². The topological polar surface area (TPSA) is 15.3 Å². The first-order valence-electron chi connectivity index (χ1n) is 6.46. The Morgan fingerprint density at radius 2 is 2.29 bits per heavy atom. The van der Waals surface area contributed by atoms with E-state index in [4.69, 9.17) is 0 Å². The molecule has 2 heterocycles. The van der Waals surface area contributed by atoms with Crippen molar-refractivity contribution in [3.8, 4) is 0 Å². The van der Waals surface area contributed by atoms with Crippen LogP contribution in [-0.4, -0.2) is 36.6 Å². The summed E-state index contributed by atoms with van der Waals surface area (Å²) in [5, 5.41) is 5.79. The van der Waals surface area contributed by atoms with Crippen LogP contribution in [0.3, 0.4) is 0 Å². The fourth-order valence-corrected chi connectivity index (χ4v) is 3.46. The molecule has 1 aromatic rings. The van der Waals surface area contributed by atoms with Gasteiger partial charge in [0, 0.05) is 29.5 Å². The second kappa shape index (κ2) is 5.09. The molecule has 0 amide bonds. The summed E-state index contributed by atoms with van der Waals surface area (Å²) >= 11 is 1.89. The fraction of sp³-hybridized carbons (Fsp3) is 0.714. The molecule has 0 spiro atoms. The third-order valence-electron chi connectivity index (χ3n) is 3.85. The standard InChI is InChI=1S/C14H24N2S/c1-11-6-8-17-13(11)5-7-16(4)12-9-14(2,3)15-10-12/h6,8,12,15H,5,7,9-10H2,1-4H3. The van der Waals surface area contributed by atoms with Crippen LogP contribution in [0.25, 0.3) is 0 Å². The molecule has 1 aromatic heterocycles. The quantitative estimate of drug-likeness (QED) is 0.886. The Kier molecular flexibility index (Phi) is 3.91. The van der Waals surface area contributed by atoms with Gasteiger partial charge in [0.15, 0.2) is 0 Å². The lowest BCUT2D eigenvalue weighted by molar-refractivity contribution is 0.252. The average Bonchev–Trinajstić information content (AvgIpc) is 2.81. The molecule has 0 aliphatic carbocycles. The van der Waals surface area contributed by atoms with Crippen molar-refractivity contribution in [3.05, 3.63) is 21.9 Å². The highest BCUT2D eigenvalue weighted by Crippen LogP contribution is 2.22. The van der Waals surface area contributed by atoms with E-state index < -0.39 is 0 Å². The minimum absolute atomic E-state index is 0.317. The molecular formula is C14H24N2S. The Bertz CT molecular complexity index is 370. The van der Waals surface area contributed by atoms with Gasteiger partial charge >= 0.3 is 0 Å². The van der Waals surface area contributed by atoms with Crippen LogP contribution in [0.2, 0.25) is 0 Å². The van der Waals surface area contributed by atoms with Crippen LogP contribution in [-0.2, 0) is 6.42 Å². The summed E-state index contributed by atoms with van der Waals surface area (Å²) in [6.45, 7) is 9.11. The second-order valence-corrected chi connectivity index (χ2v) is 6.88. The molecule has 3 heteroatoms. The number of thiophene rings is 1. The maximum atomic E-state index is 3.59. The number of nitrogens with zero attached hydrogens (tertiary/aromatic N) is 1. The molecule has 1 aliphatic rings. The van der Waals surface area contributed by atoms with Gasteiger partial charge in [-0.1, -0.05) is 0 Å². The van der Waals surface area contributed by atoms with Crippen LogP contribution in [0.1, 0.15) is 30.7 Å². The van der Waals surface area contributed by atoms with Gasteiger partial charge < -0.3 is 10.2 Å².